The van der Waals surface area contributed by atoms with Crippen molar-refractivity contribution in [2.45, 2.75) is 30.8 Å². The average Bonchev–Trinajstić information content (AvgIpc) is 2.45. The lowest BCUT2D eigenvalue weighted by atomic mass is 10.1. The summed E-state index contributed by atoms with van der Waals surface area (Å²) in [6.45, 7) is 4.98. The second kappa shape index (κ2) is 7.57. The van der Waals surface area contributed by atoms with E-state index in [4.69, 9.17) is 0 Å². The molecule has 1 aliphatic rings. The van der Waals surface area contributed by atoms with Crippen LogP contribution >= 0.6 is 12.4 Å². The average molecular weight is 366 g/mol. The standard InChI is InChI=1S/C14H20FN3O3S.ClH/c1-9-7-18(8-10(2)17-9)14(19)11-4-5-12(15)13(6-11)22(20,21)16-3;/h4-6,9-10,16-17H,7-8H2,1-3H3;1H. The zero-order valence-corrected chi connectivity index (χ0v) is 14.8. The first-order valence-electron chi connectivity index (χ1n) is 7.03. The van der Waals surface area contributed by atoms with Crippen LogP contribution in [0.3, 0.4) is 0 Å². The summed E-state index contributed by atoms with van der Waals surface area (Å²) in [6.07, 6.45) is 0. The van der Waals surface area contributed by atoms with Crippen molar-refractivity contribution in [3.05, 3.63) is 29.6 Å². The SMILES string of the molecule is CNS(=O)(=O)c1cc(C(=O)N2CC(C)NC(C)C2)ccc1F.Cl. The number of carbonyl (C=O) groups is 1. The molecule has 9 heteroatoms. The summed E-state index contributed by atoms with van der Waals surface area (Å²) in [5.41, 5.74) is 0.163. The molecule has 1 saturated heterocycles. The molecule has 2 unspecified atom stereocenters. The first-order valence-corrected chi connectivity index (χ1v) is 8.51. The minimum absolute atomic E-state index is 0. The van der Waals surface area contributed by atoms with Crippen LogP contribution in [0.25, 0.3) is 0 Å². The van der Waals surface area contributed by atoms with Crippen molar-refractivity contribution < 1.29 is 17.6 Å². The fraction of sp³-hybridized carbons (Fsp3) is 0.500. The van der Waals surface area contributed by atoms with Crippen LogP contribution in [0.15, 0.2) is 23.1 Å². The molecule has 6 nitrogen and oxygen atoms in total. The van der Waals surface area contributed by atoms with Gasteiger partial charge in [0.25, 0.3) is 5.91 Å². The van der Waals surface area contributed by atoms with Gasteiger partial charge in [-0.15, -0.1) is 12.4 Å². The van der Waals surface area contributed by atoms with Crippen LogP contribution in [-0.4, -0.2) is 51.4 Å². The van der Waals surface area contributed by atoms with Crippen LogP contribution in [0.5, 0.6) is 0 Å². The van der Waals surface area contributed by atoms with E-state index in [1.165, 1.54) is 13.1 Å². The highest BCUT2D eigenvalue weighted by Gasteiger charge is 2.27. The van der Waals surface area contributed by atoms with E-state index in [1.54, 1.807) is 4.90 Å². The summed E-state index contributed by atoms with van der Waals surface area (Å²) in [4.78, 5) is 13.7. The highest BCUT2D eigenvalue weighted by molar-refractivity contribution is 7.89. The maximum atomic E-state index is 13.7. The number of nitrogens with zero attached hydrogens (tertiary/aromatic N) is 1. The van der Waals surface area contributed by atoms with E-state index < -0.39 is 20.7 Å². The molecule has 1 heterocycles. The fourth-order valence-electron chi connectivity index (χ4n) is 2.63. The van der Waals surface area contributed by atoms with E-state index in [0.717, 1.165) is 12.1 Å². The first-order chi connectivity index (χ1) is 10.2. The van der Waals surface area contributed by atoms with Gasteiger partial charge >= 0.3 is 0 Å². The Morgan fingerprint density at radius 2 is 1.87 bits per heavy atom. The molecular formula is C14H21ClFN3O3S. The molecular weight excluding hydrogens is 345 g/mol. The molecule has 0 radical (unpaired) electrons. The lowest BCUT2D eigenvalue weighted by molar-refractivity contribution is 0.0673. The highest BCUT2D eigenvalue weighted by atomic mass is 35.5. The van der Waals surface area contributed by atoms with Crippen LogP contribution in [0.2, 0.25) is 0 Å². The third-order valence-electron chi connectivity index (χ3n) is 3.58. The predicted molar refractivity (Wildman–Crippen MR) is 87.9 cm³/mol. The van der Waals surface area contributed by atoms with Gasteiger partial charge in [-0.2, -0.15) is 0 Å². The molecule has 1 aromatic carbocycles. The number of piperazine rings is 1. The number of rotatable bonds is 3. The number of halogens is 2. The Labute approximate surface area is 141 Å². The van der Waals surface area contributed by atoms with Crippen LogP contribution in [-0.2, 0) is 10.0 Å². The summed E-state index contributed by atoms with van der Waals surface area (Å²) >= 11 is 0. The Balaban J connectivity index is 0.00000264. The topological polar surface area (TPSA) is 78.5 Å². The van der Waals surface area contributed by atoms with Crippen LogP contribution in [0, 0.1) is 5.82 Å². The Bertz CT molecular complexity index is 674. The van der Waals surface area contributed by atoms with Gasteiger partial charge in [-0.05, 0) is 39.1 Å². The minimum Gasteiger partial charge on any atom is -0.336 e. The summed E-state index contributed by atoms with van der Waals surface area (Å²) in [7, 11) is -2.75. The van der Waals surface area contributed by atoms with Gasteiger partial charge in [0.1, 0.15) is 10.7 Å². The second-order valence-electron chi connectivity index (χ2n) is 5.53. The molecule has 0 bridgehead atoms. The Morgan fingerprint density at radius 1 is 1.30 bits per heavy atom. The van der Waals surface area contributed by atoms with Gasteiger partial charge in [-0.25, -0.2) is 17.5 Å². The van der Waals surface area contributed by atoms with Crippen molar-refractivity contribution in [3.8, 4) is 0 Å². The minimum atomic E-state index is -3.95. The van der Waals surface area contributed by atoms with Crippen molar-refractivity contribution >= 4 is 28.3 Å². The third kappa shape index (κ3) is 4.41. The summed E-state index contributed by atoms with van der Waals surface area (Å²) in [5.74, 6) is -1.18. The molecule has 1 amide bonds. The molecule has 130 valence electrons. The van der Waals surface area contributed by atoms with E-state index in [2.05, 4.69) is 10.0 Å². The van der Waals surface area contributed by atoms with Gasteiger partial charge in [-0.1, -0.05) is 0 Å². The monoisotopic (exact) mass is 365 g/mol. The van der Waals surface area contributed by atoms with Crippen molar-refractivity contribution in [2.24, 2.45) is 0 Å². The molecule has 2 N–H and O–H groups in total. The zero-order chi connectivity index (χ0) is 16.5. The third-order valence-corrected chi connectivity index (χ3v) is 5.01. The summed E-state index contributed by atoms with van der Waals surface area (Å²) < 4.78 is 39.4. The van der Waals surface area contributed by atoms with Gasteiger partial charge in [-0.3, -0.25) is 4.79 Å². The molecule has 23 heavy (non-hydrogen) atoms. The maximum absolute atomic E-state index is 13.7. The molecule has 1 aromatic rings. The molecule has 0 spiro atoms. The summed E-state index contributed by atoms with van der Waals surface area (Å²) in [6, 6.07) is 3.69. The van der Waals surface area contributed by atoms with Crippen molar-refractivity contribution in [3.63, 3.8) is 0 Å². The number of nitrogens with one attached hydrogen (secondary N) is 2. The molecule has 0 aromatic heterocycles. The van der Waals surface area contributed by atoms with E-state index >= 15 is 0 Å². The number of benzene rings is 1. The molecule has 2 atom stereocenters. The fourth-order valence-corrected chi connectivity index (χ4v) is 3.45. The largest absolute Gasteiger partial charge is 0.336 e. The van der Waals surface area contributed by atoms with E-state index in [0.29, 0.717) is 13.1 Å². The van der Waals surface area contributed by atoms with Gasteiger partial charge < -0.3 is 10.2 Å². The van der Waals surface area contributed by atoms with Crippen LogP contribution in [0.1, 0.15) is 24.2 Å². The molecule has 1 aliphatic heterocycles. The number of hydrogen-bond acceptors (Lipinski definition) is 4. The highest BCUT2D eigenvalue weighted by Crippen LogP contribution is 2.18. The second-order valence-corrected chi connectivity index (χ2v) is 7.39. The van der Waals surface area contributed by atoms with Crippen molar-refractivity contribution in [2.75, 3.05) is 20.1 Å². The van der Waals surface area contributed by atoms with Gasteiger partial charge in [0.15, 0.2) is 0 Å². The van der Waals surface area contributed by atoms with Gasteiger partial charge in [0.05, 0.1) is 0 Å². The molecule has 2 rings (SSSR count). The molecule has 0 aliphatic carbocycles. The number of sulfonamides is 1. The summed E-state index contributed by atoms with van der Waals surface area (Å²) in [5, 5.41) is 3.31. The molecule has 0 saturated carbocycles. The van der Waals surface area contributed by atoms with Gasteiger partial charge in [0, 0.05) is 30.7 Å². The first kappa shape index (κ1) is 19.8. The molecule has 1 fully saturated rings. The van der Waals surface area contributed by atoms with E-state index in [-0.39, 0.29) is 36.0 Å². The Kier molecular flexibility index (Phi) is 6.52. The number of hydrogen-bond donors (Lipinski definition) is 2. The quantitative estimate of drug-likeness (QED) is 0.837. The van der Waals surface area contributed by atoms with Crippen molar-refractivity contribution in [1.82, 2.24) is 14.9 Å². The maximum Gasteiger partial charge on any atom is 0.254 e. The van der Waals surface area contributed by atoms with Gasteiger partial charge in [0.2, 0.25) is 10.0 Å². The van der Waals surface area contributed by atoms with Crippen LogP contribution < -0.4 is 10.0 Å². The normalized spacial score (nSPS) is 21.7. The van der Waals surface area contributed by atoms with E-state index in [1.807, 2.05) is 13.8 Å². The zero-order valence-electron chi connectivity index (χ0n) is 13.2. The Hall–Kier alpha value is -1.22. The number of amides is 1. The predicted octanol–water partition coefficient (Wildman–Crippen LogP) is 0.978. The Morgan fingerprint density at radius 3 is 2.39 bits per heavy atom. The van der Waals surface area contributed by atoms with Crippen LogP contribution in [0.4, 0.5) is 4.39 Å². The smallest absolute Gasteiger partial charge is 0.254 e. The van der Waals surface area contributed by atoms with Crippen molar-refractivity contribution in [1.29, 1.82) is 0 Å². The lowest BCUT2D eigenvalue weighted by Gasteiger charge is -2.36. The van der Waals surface area contributed by atoms with E-state index in [9.17, 15) is 17.6 Å². The number of carbonyl (C=O) groups excluding carboxylic acids is 1. The lowest BCUT2D eigenvalue weighted by Crippen LogP contribution is -2.55.